The molecule has 1 aliphatic heterocycles. The van der Waals surface area contributed by atoms with Crippen molar-refractivity contribution in [2.24, 2.45) is 0 Å². The molecule has 0 unspecified atom stereocenters. The van der Waals surface area contributed by atoms with Crippen LogP contribution < -0.4 is 5.32 Å². The molecule has 0 bridgehead atoms. The molecule has 0 fully saturated rings. The molecule has 3 N–H and O–H groups in total. The number of ketones is 1. The van der Waals surface area contributed by atoms with Gasteiger partial charge in [-0.25, -0.2) is 9.67 Å². The van der Waals surface area contributed by atoms with Crippen molar-refractivity contribution in [1.29, 1.82) is 0 Å². The first kappa shape index (κ1) is 19.0. The fourth-order valence-electron chi connectivity index (χ4n) is 4.80. The molecule has 0 amide bonds. The summed E-state index contributed by atoms with van der Waals surface area (Å²) in [5.74, 6) is -0.199. The Morgan fingerprint density at radius 1 is 1.13 bits per heavy atom. The summed E-state index contributed by atoms with van der Waals surface area (Å²) in [7, 11) is 0. The molecule has 1 aromatic heterocycles. The van der Waals surface area contributed by atoms with Crippen molar-refractivity contribution in [3.63, 3.8) is 0 Å². The molecule has 2 aromatic carbocycles. The van der Waals surface area contributed by atoms with Crippen LogP contribution in [-0.2, 0) is 11.2 Å². The highest BCUT2D eigenvalue weighted by Crippen LogP contribution is 2.44. The number of nitrogens with zero attached hydrogens (tertiary/aromatic N) is 3. The third-order valence-corrected chi connectivity index (χ3v) is 6.43. The van der Waals surface area contributed by atoms with Gasteiger partial charge in [0.15, 0.2) is 5.78 Å². The normalized spacial score (nSPS) is 24.0. The predicted molar refractivity (Wildman–Crippen MR) is 112 cm³/mol. The first-order valence-electron chi connectivity index (χ1n) is 10.1. The SMILES string of the molecule is O=C1C[C@H](c2ccc(Cl)cc2)[C@@H](n2cncn2)C(O)=C1[C@H]1[NH2+]CCc2ccccc21. The zero-order chi connectivity index (χ0) is 20.7. The van der Waals surface area contributed by atoms with Gasteiger partial charge in [0.25, 0.3) is 0 Å². The topological polar surface area (TPSA) is 84.6 Å². The van der Waals surface area contributed by atoms with Crippen LogP contribution in [-0.4, -0.2) is 32.2 Å². The molecule has 6 nitrogen and oxygen atoms in total. The quantitative estimate of drug-likeness (QED) is 0.681. The minimum Gasteiger partial charge on any atom is -0.509 e. The van der Waals surface area contributed by atoms with Crippen LogP contribution >= 0.6 is 11.6 Å². The van der Waals surface area contributed by atoms with Crippen molar-refractivity contribution in [1.82, 2.24) is 14.8 Å². The van der Waals surface area contributed by atoms with E-state index in [9.17, 15) is 9.90 Å². The van der Waals surface area contributed by atoms with Gasteiger partial charge in [-0.2, -0.15) is 5.10 Å². The third kappa shape index (κ3) is 3.22. The smallest absolute Gasteiger partial charge is 0.169 e. The number of fused-ring (bicyclic) bond motifs is 1. The Morgan fingerprint density at radius 3 is 2.70 bits per heavy atom. The van der Waals surface area contributed by atoms with Gasteiger partial charge in [0, 0.05) is 29.3 Å². The number of hydrogen-bond donors (Lipinski definition) is 2. The molecule has 0 radical (unpaired) electrons. The van der Waals surface area contributed by atoms with E-state index >= 15 is 0 Å². The van der Waals surface area contributed by atoms with E-state index in [1.165, 1.54) is 11.9 Å². The molecular formula is C23H22ClN4O2+. The predicted octanol–water partition coefficient (Wildman–Crippen LogP) is 2.90. The Balaban J connectivity index is 1.64. The number of nitrogens with two attached hydrogens (primary N) is 1. The van der Waals surface area contributed by atoms with E-state index in [1.807, 2.05) is 24.3 Å². The average molecular weight is 422 g/mol. The highest BCUT2D eigenvalue weighted by atomic mass is 35.5. The van der Waals surface area contributed by atoms with E-state index in [2.05, 4.69) is 27.5 Å². The van der Waals surface area contributed by atoms with Crippen molar-refractivity contribution >= 4 is 17.4 Å². The highest BCUT2D eigenvalue weighted by Gasteiger charge is 2.44. The monoisotopic (exact) mass is 421 g/mol. The lowest BCUT2D eigenvalue weighted by Gasteiger charge is -2.35. The van der Waals surface area contributed by atoms with Gasteiger partial charge in [-0.15, -0.1) is 0 Å². The maximum absolute atomic E-state index is 13.4. The number of rotatable bonds is 3. The van der Waals surface area contributed by atoms with Gasteiger partial charge in [0.05, 0.1) is 12.1 Å². The zero-order valence-corrected chi connectivity index (χ0v) is 17.0. The van der Waals surface area contributed by atoms with Crippen LogP contribution in [0, 0.1) is 0 Å². The van der Waals surface area contributed by atoms with Crippen LogP contribution in [0.4, 0.5) is 0 Å². The molecule has 3 aromatic rings. The number of hydrogen-bond acceptors (Lipinski definition) is 4. The first-order valence-corrected chi connectivity index (χ1v) is 10.5. The third-order valence-electron chi connectivity index (χ3n) is 6.18. The Kier molecular flexibility index (Phi) is 4.89. The van der Waals surface area contributed by atoms with Crippen molar-refractivity contribution in [2.75, 3.05) is 6.54 Å². The summed E-state index contributed by atoms with van der Waals surface area (Å²) in [5.41, 5.74) is 3.75. The lowest BCUT2D eigenvalue weighted by atomic mass is 9.75. The van der Waals surface area contributed by atoms with Gasteiger partial charge in [-0.1, -0.05) is 48.0 Å². The van der Waals surface area contributed by atoms with E-state index in [1.54, 1.807) is 23.1 Å². The molecule has 0 spiro atoms. The van der Waals surface area contributed by atoms with Crippen LogP contribution in [0.3, 0.4) is 0 Å². The van der Waals surface area contributed by atoms with Crippen LogP contribution in [0.2, 0.25) is 5.02 Å². The van der Waals surface area contributed by atoms with Gasteiger partial charge in [-0.3, -0.25) is 4.79 Å². The Hall–Kier alpha value is -2.96. The molecule has 0 saturated carbocycles. The molecule has 2 aliphatic rings. The number of quaternary nitrogens is 1. The second-order valence-electron chi connectivity index (χ2n) is 7.86. The summed E-state index contributed by atoms with van der Waals surface area (Å²) in [6.07, 6.45) is 4.28. The fourth-order valence-corrected chi connectivity index (χ4v) is 4.92. The minimum absolute atomic E-state index is 0.0261. The number of carbonyl (C=O) groups is 1. The second kappa shape index (κ2) is 7.70. The van der Waals surface area contributed by atoms with Gasteiger partial charge < -0.3 is 10.4 Å². The average Bonchev–Trinajstić information content (AvgIpc) is 3.28. The summed E-state index contributed by atoms with van der Waals surface area (Å²) in [4.78, 5) is 17.4. The van der Waals surface area contributed by atoms with Gasteiger partial charge in [0.1, 0.15) is 30.5 Å². The van der Waals surface area contributed by atoms with Crippen molar-refractivity contribution in [3.05, 3.63) is 94.2 Å². The number of carbonyl (C=O) groups excluding carboxylic acids is 1. The number of allylic oxidation sites excluding steroid dienone is 1. The summed E-state index contributed by atoms with van der Waals surface area (Å²) in [6.45, 7) is 0.875. The largest absolute Gasteiger partial charge is 0.509 e. The zero-order valence-electron chi connectivity index (χ0n) is 16.3. The van der Waals surface area contributed by atoms with E-state index < -0.39 is 6.04 Å². The summed E-state index contributed by atoms with van der Waals surface area (Å²) in [5, 5.41) is 18.5. The van der Waals surface area contributed by atoms with Crippen molar-refractivity contribution < 1.29 is 15.2 Å². The fraction of sp³-hybridized carbons (Fsp3) is 0.261. The van der Waals surface area contributed by atoms with E-state index in [4.69, 9.17) is 11.6 Å². The molecule has 30 heavy (non-hydrogen) atoms. The molecule has 0 saturated heterocycles. The molecule has 7 heteroatoms. The summed E-state index contributed by atoms with van der Waals surface area (Å²) in [6, 6.07) is 14.9. The number of aliphatic hydroxyl groups excluding tert-OH is 1. The van der Waals surface area contributed by atoms with Crippen LogP contribution in [0.5, 0.6) is 0 Å². The summed E-state index contributed by atoms with van der Waals surface area (Å²) < 4.78 is 1.65. The number of benzene rings is 2. The van der Waals surface area contributed by atoms with Gasteiger partial charge in [0.2, 0.25) is 0 Å². The maximum atomic E-state index is 13.4. The molecule has 3 atom stereocenters. The number of aromatic nitrogens is 3. The molecule has 5 rings (SSSR count). The first-order chi connectivity index (χ1) is 14.6. The minimum atomic E-state index is -0.496. The van der Waals surface area contributed by atoms with Gasteiger partial charge in [-0.05, 0) is 23.3 Å². The Labute approximate surface area is 179 Å². The summed E-state index contributed by atoms with van der Waals surface area (Å²) >= 11 is 6.06. The lowest BCUT2D eigenvalue weighted by Crippen LogP contribution is -2.88. The molecule has 1 aliphatic carbocycles. The molecule has 152 valence electrons. The van der Waals surface area contributed by atoms with Crippen LogP contribution in [0.15, 0.2) is 72.5 Å². The number of aliphatic hydroxyl groups is 1. The highest BCUT2D eigenvalue weighted by molar-refractivity contribution is 6.30. The Morgan fingerprint density at radius 2 is 1.93 bits per heavy atom. The van der Waals surface area contributed by atoms with Gasteiger partial charge >= 0.3 is 0 Å². The van der Waals surface area contributed by atoms with E-state index in [-0.39, 0.29) is 29.9 Å². The number of Topliss-reactive ketones (excluding diaryl/α,β-unsaturated/α-hetero) is 1. The van der Waals surface area contributed by atoms with E-state index in [0.717, 1.165) is 24.1 Å². The molecule has 2 heterocycles. The van der Waals surface area contributed by atoms with E-state index in [0.29, 0.717) is 10.6 Å². The van der Waals surface area contributed by atoms with Crippen LogP contribution in [0.1, 0.15) is 41.1 Å². The Bertz CT molecular complexity index is 1110. The van der Waals surface area contributed by atoms with Crippen molar-refractivity contribution in [2.45, 2.75) is 30.8 Å². The van der Waals surface area contributed by atoms with Crippen LogP contribution in [0.25, 0.3) is 0 Å². The maximum Gasteiger partial charge on any atom is 0.169 e. The second-order valence-corrected chi connectivity index (χ2v) is 8.29. The lowest BCUT2D eigenvalue weighted by molar-refractivity contribution is -0.690. The van der Waals surface area contributed by atoms with Crippen molar-refractivity contribution in [3.8, 4) is 0 Å². The number of halogens is 1. The molecular weight excluding hydrogens is 400 g/mol. The standard InChI is InChI=1S/C23H21ClN4O2/c24-16-7-5-15(6-8-16)18-11-19(29)20(23(30)22(18)28-13-25-12-27-28)21-17-4-2-1-3-14(17)9-10-26-21/h1-8,12-13,18,21-22,26,30H,9-11H2/p+1/t18-,21+,22-/m1/s1.